The molecule has 16 heavy (non-hydrogen) atoms. The molecule has 5 nitrogen and oxygen atoms in total. The van der Waals surface area contributed by atoms with E-state index < -0.39 is 6.04 Å². The molecule has 0 radical (unpaired) electrons. The number of carbonyl (C=O) groups is 1. The van der Waals surface area contributed by atoms with Crippen molar-refractivity contribution < 1.29 is 19.7 Å². The smallest absolute Gasteiger partial charge is 0.221 e. The Balaban J connectivity index is 2.39. The molecule has 0 spiro atoms. The Labute approximate surface area is 92.0 Å². The van der Waals surface area contributed by atoms with Crippen LogP contribution in [0.2, 0.25) is 0 Å². The molecule has 1 aromatic carbocycles. The summed E-state index contributed by atoms with van der Waals surface area (Å²) in [5.74, 6) is -0.357. The molecule has 0 bridgehead atoms. The van der Waals surface area contributed by atoms with Gasteiger partial charge in [-0.05, 0) is 19.1 Å². The van der Waals surface area contributed by atoms with Crippen molar-refractivity contribution in [1.29, 1.82) is 0 Å². The van der Waals surface area contributed by atoms with Gasteiger partial charge in [-0.15, -0.1) is 0 Å². The molecule has 2 atom stereocenters. The third kappa shape index (κ3) is 1.60. The molecule has 1 unspecified atom stereocenters. The first-order valence-electron chi connectivity index (χ1n) is 4.84. The van der Waals surface area contributed by atoms with E-state index in [4.69, 9.17) is 4.74 Å². The van der Waals surface area contributed by atoms with Crippen LogP contribution in [0.3, 0.4) is 0 Å². The normalized spacial score (nSPS) is 23.7. The first kappa shape index (κ1) is 10.5. The lowest BCUT2D eigenvalue weighted by molar-refractivity contribution is -0.109. The van der Waals surface area contributed by atoms with Gasteiger partial charge in [0, 0.05) is 0 Å². The van der Waals surface area contributed by atoms with E-state index in [-0.39, 0.29) is 29.1 Å². The van der Waals surface area contributed by atoms with Crippen molar-refractivity contribution in [2.45, 2.75) is 19.1 Å². The molecule has 1 aliphatic rings. The number of hydrogen-bond acceptors (Lipinski definition) is 5. The molecular formula is C11H11NO4. The maximum absolute atomic E-state index is 10.6. The van der Waals surface area contributed by atoms with Gasteiger partial charge in [0.25, 0.3) is 0 Å². The van der Waals surface area contributed by atoms with E-state index in [0.717, 1.165) is 0 Å². The van der Waals surface area contributed by atoms with Crippen LogP contribution in [0.5, 0.6) is 11.5 Å². The molecule has 1 aromatic rings. The van der Waals surface area contributed by atoms with E-state index in [2.05, 4.69) is 4.99 Å². The molecule has 2 rings (SSSR count). The first-order chi connectivity index (χ1) is 7.63. The highest BCUT2D eigenvalue weighted by molar-refractivity contribution is 5.99. The number of aromatic hydroxyl groups is 2. The van der Waals surface area contributed by atoms with E-state index >= 15 is 0 Å². The fraction of sp³-hybridized carbons (Fsp3) is 0.273. The van der Waals surface area contributed by atoms with Gasteiger partial charge in [0.2, 0.25) is 5.90 Å². The molecule has 1 heterocycles. The van der Waals surface area contributed by atoms with Gasteiger partial charge in [0.15, 0.2) is 11.5 Å². The van der Waals surface area contributed by atoms with Crippen molar-refractivity contribution in [1.82, 2.24) is 0 Å². The summed E-state index contributed by atoms with van der Waals surface area (Å²) in [4.78, 5) is 14.7. The lowest BCUT2D eigenvalue weighted by atomic mass is 10.2. The van der Waals surface area contributed by atoms with Crippen molar-refractivity contribution in [2.24, 2.45) is 4.99 Å². The van der Waals surface area contributed by atoms with Crippen LogP contribution in [0.4, 0.5) is 0 Å². The molecule has 0 saturated heterocycles. The number of phenols is 2. The van der Waals surface area contributed by atoms with Crippen molar-refractivity contribution in [3.05, 3.63) is 23.8 Å². The monoisotopic (exact) mass is 221 g/mol. The number of phenolic OH excluding ortho intramolecular Hbond substituents is 2. The Kier molecular flexibility index (Phi) is 2.52. The summed E-state index contributed by atoms with van der Waals surface area (Å²) in [6, 6.07) is 3.93. The Morgan fingerprint density at radius 2 is 2.19 bits per heavy atom. The lowest BCUT2D eigenvalue weighted by Crippen LogP contribution is -2.19. The van der Waals surface area contributed by atoms with Crippen molar-refractivity contribution >= 4 is 12.2 Å². The second-order valence-corrected chi connectivity index (χ2v) is 3.56. The van der Waals surface area contributed by atoms with Gasteiger partial charge in [-0.3, -0.25) is 0 Å². The van der Waals surface area contributed by atoms with Gasteiger partial charge in [-0.2, -0.15) is 0 Å². The van der Waals surface area contributed by atoms with Crippen LogP contribution in [0, 0.1) is 0 Å². The third-order valence-electron chi connectivity index (χ3n) is 2.43. The summed E-state index contributed by atoms with van der Waals surface area (Å²) in [5.41, 5.74) is 0.288. The van der Waals surface area contributed by atoms with E-state index in [0.29, 0.717) is 6.29 Å². The van der Waals surface area contributed by atoms with E-state index in [1.165, 1.54) is 6.07 Å². The van der Waals surface area contributed by atoms with Crippen LogP contribution in [0.25, 0.3) is 0 Å². The zero-order chi connectivity index (χ0) is 11.7. The number of rotatable bonds is 2. The average Bonchev–Trinajstić information content (AvgIpc) is 2.63. The van der Waals surface area contributed by atoms with Crippen molar-refractivity contribution in [2.75, 3.05) is 0 Å². The summed E-state index contributed by atoms with van der Waals surface area (Å²) in [6.45, 7) is 1.72. The quantitative estimate of drug-likeness (QED) is 0.572. The van der Waals surface area contributed by atoms with Gasteiger partial charge in [-0.25, -0.2) is 4.99 Å². The van der Waals surface area contributed by atoms with Crippen LogP contribution < -0.4 is 0 Å². The predicted octanol–water partition coefficient (Wildman–Crippen LogP) is 0.831. The summed E-state index contributed by atoms with van der Waals surface area (Å²) in [7, 11) is 0. The van der Waals surface area contributed by atoms with Gasteiger partial charge in [0.1, 0.15) is 18.4 Å². The number of nitrogens with zero attached hydrogens (tertiary/aromatic N) is 1. The van der Waals surface area contributed by atoms with Crippen molar-refractivity contribution in [3.63, 3.8) is 0 Å². The topological polar surface area (TPSA) is 79.1 Å². The molecule has 0 fully saturated rings. The van der Waals surface area contributed by atoms with Crippen LogP contribution in [0.15, 0.2) is 23.2 Å². The highest BCUT2D eigenvalue weighted by atomic mass is 16.5. The maximum atomic E-state index is 10.6. The molecule has 0 aromatic heterocycles. The fourth-order valence-corrected chi connectivity index (χ4v) is 1.49. The summed E-state index contributed by atoms with van der Waals surface area (Å²) >= 11 is 0. The number of hydrogen-bond donors (Lipinski definition) is 2. The van der Waals surface area contributed by atoms with E-state index in [9.17, 15) is 15.0 Å². The standard InChI is InChI=1S/C11H11NO4/c1-6-8(5-13)12-11(16-6)7-3-2-4-9(14)10(7)15/h2-6,8,14-15H,1H3/t6?,8-/m1/s1. The fourth-order valence-electron chi connectivity index (χ4n) is 1.49. The molecule has 0 saturated carbocycles. The number of aliphatic imine (C=N–C) groups is 1. The van der Waals surface area contributed by atoms with Crippen molar-refractivity contribution in [3.8, 4) is 11.5 Å². The Bertz CT molecular complexity index is 455. The highest BCUT2D eigenvalue weighted by Gasteiger charge is 2.29. The van der Waals surface area contributed by atoms with Crippen LogP contribution in [-0.2, 0) is 9.53 Å². The number of ether oxygens (including phenoxy) is 1. The zero-order valence-electron chi connectivity index (χ0n) is 8.62. The first-order valence-corrected chi connectivity index (χ1v) is 4.84. The second-order valence-electron chi connectivity index (χ2n) is 3.56. The minimum absolute atomic E-state index is 0.179. The van der Waals surface area contributed by atoms with Gasteiger partial charge in [-0.1, -0.05) is 6.07 Å². The largest absolute Gasteiger partial charge is 0.504 e. The molecule has 5 heteroatoms. The predicted molar refractivity (Wildman–Crippen MR) is 56.7 cm³/mol. The number of aldehydes is 1. The van der Waals surface area contributed by atoms with Gasteiger partial charge >= 0.3 is 0 Å². The summed E-state index contributed by atoms with van der Waals surface area (Å²) < 4.78 is 5.33. The summed E-state index contributed by atoms with van der Waals surface area (Å²) in [6.07, 6.45) is 0.339. The maximum Gasteiger partial charge on any atom is 0.221 e. The minimum atomic E-state index is -0.559. The SMILES string of the molecule is CC1OC(c2cccc(O)c2O)=N[C@@H]1C=O. The molecule has 84 valence electrons. The van der Waals surface area contributed by atoms with Crippen LogP contribution >= 0.6 is 0 Å². The second kappa shape index (κ2) is 3.84. The lowest BCUT2D eigenvalue weighted by Gasteiger charge is -2.08. The minimum Gasteiger partial charge on any atom is -0.504 e. The van der Waals surface area contributed by atoms with Gasteiger partial charge < -0.3 is 19.7 Å². The van der Waals surface area contributed by atoms with Crippen LogP contribution in [-0.4, -0.2) is 34.5 Å². The molecule has 2 N–H and O–H groups in total. The number of para-hydroxylation sites is 1. The van der Waals surface area contributed by atoms with Gasteiger partial charge in [0.05, 0.1) is 5.56 Å². The Morgan fingerprint density at radius 1 is 1.44 bits per heavy atom. The third-order valence-corrected chi connectivity index (χ3v) is 2.43. The van der Waals surface area contributed by atoms with E-state index in [1.807, 2.05) is 0 Å². The Hall–Kier alpha value is -2.04. The molecular weight excluding hydrogens is 210 g/mol. The average molecular weight is 221 g/mol. The number of benzene rings is 1. The van der Waals surface area contributed by atoms with Crippen LogP contribution in [0.1, 0.15) is 12.5 Å². The summed E-state index contributed by atoms with van der Waals surface area (Å²) in [5, 5.41) is 18.9. The highest BCUT2D eigenvalue weighted by Crippen LogP contribution is 2.31. The Morgan fingerprint density at radius 3 is 2.81 bits per heavy atom. The van der Waals surface area contributed by atoms with E-state index in [1.54, 1.807) is 19.1 Å². The molecule has 0 aliphatic carbocycles. The zero-order valence-corrected chi connectivity index (χ0v) is 8.62. The molecule has 1 aliphatic heterocycles. The number of carbonyl (C=O) groups excluding carboxylic acids is 1. The molecule has 0 amide bonds.